The molecule has 2 heterocycles. The summed E-state index contributed by atoms with van der Waals surface area (Å²) >= 11 is 5.36. The number of guanidine groups is 1. The topological polar surface area (TPSA) is 50.9 Å². The molecule has 1 aromatic heterocycles. The molecule has 0 saturated heterocycles. The fourth-order valence-electron chi connectivity index (χ4n) is 2.46. The van der Waals surface area contributed by atoms with Gasteiger partial charge in [-0.2, -0.15) is 0 Å². The molecule has 1 atom stereocenters. The van der Waals surface area contributed by atoms with Gasteiger partial charge in [0.15, 0.2) is 5.96 Å². The van der Waals surface area contributed by atoms with Crippen LogP contribution in [0.2, 0.25) is 0 Å². The number of ether oxygens (including phenoxy) is 1. The number of thiophene rings is 1. The van der Waals surface area contributed by atoms with Crippen molar-refractivity contribution in [1.82, 2.24) is 4.90 Å². The third-order valence-corrected chi connectivity index (χ3v) is 5.15. The highest BCUT2D eigenvalue weighted by atomic mass is 79.9. The van der Waals surface area contributed by atoms with E-state index >= 15 is 0 Å². The van der Waals surface area contributed by atoms with Gasteiger partial charge in [-0.1, -0.05) is 22.0 Å². The van der Waals surface area contributed by atoms with E-state index in [1.807, 2.05) is 18.2 Å². The first-order valence-electron chi connectivity index (χ1n) is 6.61. The van der Waals surface area contributed by atoms with E-state index in [0.29, 0.717) is 12.5 Å². The number of nitrogens with two attached hydrogens (primary N) is 1. The second-order valence-corrected chi connectivity index (χ2v) is 6.70. The number of halogens is 1. The van der Waals surface area contributed by atoms with Crippen LogP contribution in [-0.4, -0.2) is 24.5 Å². The molecule has 0 radical (unpaired) electrons. The molecule has 2 N–H and O–H groups in total. The van der Waals surface area contributed by atoms with E-state index in [0.717, 1.165) is 22.3 Å². The van der Waals surface area contributed by atoms with Gasteiger partial charge in [-0.3, -0.25) is 4.99 Å². The van der Waals surface area contributed by atoms with Crippen LogP contribution in [0, 0.1) is 0 Å². The molecule has 1 aliphatic rings. The Morgan fingerprint density at radius 3 is 3.05 bits per heavy atom. The van der Waals surface area contributed by atoms with Gasteiger partial charge in [0.25, 0.3) is 0 Å². The average Bonchev–Trinajstić information content (AvgIpc) is 3.12. The van der Waals surface area contributed by atoms with E-state index in [-0.39, 0.29) is 6.04 Å². The molecule has 110 valence electrons. The van der Waals surface area contributed by atoms with Crippen LogP contribution >= 0.6 is 27.3 Å². The van der Waals surface area contributed by atoms with Crippen LogP contribution in [0.4, 0.5) is 0 Å². The average molecular weight is 366 g/mol. The zero-order valence-electron chi connectivity index (χ0n) is 11.6. The number of nitrogens with zero attached hydrogens (tertiary/aromatic N) is 2. The van der Waals surface area contributed by atoms with Gasteiger partial charge in [-0.15, -0.1) is 11.3 Å². The lowest BCUT2D eigenvalue weighted by Crippen LogP contribution is -2.35. The fourth-order valence-corrected chi connectivity index (χ4v) is 3.67. The van der Waals surface area contributed by atoms with Gasteiger partial charge < -0.3 is 15.4 Å². The van der Waals surface area contributed by atoms with Gasteiger partial charge >= 0.3 is 0 Å². The van der Waals surface area contributed by atoms with Crippen molar-refractivity contribution >= 4 is 33.2 Å². The van der Waals surface area contributed by atoms with Gasteiger partial charge in [-0.25, -0.2) is 0 Å². The van der Waals surface area contributed by atoms with E-state index in [1.54, 1.807) is 18.4 Å². The fraction of sp³-hybridized carbons (Fsp3) is 0.267. The maximum atomic E-state index is 6.08. The Labute approximate surface area is 136 Å². The molecule has 1 aliphatic heterocycles. The maximum Gasteiger partial charge on any atom is 0.192 e. The van der Waals surface area contributed by atoms with Crippen molar-refractivity contribution in [2.45, 2.75) is 12.6 Å². The predicted molar refractivity (Wildman–Crippen MR) is 89.8 cm³/mol. The van der Waals surface area contributed by atoms with E-state index < -0.39 is 0 Å². The van der Waals surface area contributed by atoms with Crippen molar-refractivity contribution in [1.29, 1.82) is 0 Å². The highest BCUT2D eigenvalue weighted by Crippen LogP contribution is 2.34. The predicted octanol–water partition coefficient (Wildman–Crippen LogP) is 3.39. The second kappa shape index (κ2) is 6.07. The van der Waals surface area contributed by atoms with Gasteiger partial charge in [0.2, 0.25) is 0 Å². The standard InChI is InChI=1S/C15H16BrN3OS/c1-20-10-4-5-13(16)12(7-10)14-8-18-15(17)19(14)9-11-3-2-6-21-11/h2-7,14H,8-9H2,1H3,(H2,17,18). The number of methoxy groups -OCH3 is 1. The number of rotatable bonds is 4. The van der Waals surface area contributed by atoms with Crippen molar-refractivity contribution < 1.29 is 4.74 Å². The highest BCUT2D eigenvalue weighted by Gasteiger charge is 2.29. The van der Waals surface area contributed by atoms with Crippen molar-refractivity contribution in [3.05, 3.63) is 50.6 Å². The molecule has 0 spiro atoms. The van der Waals surface area contributed by atoms with E-state index in [1.165, 1.54) is 4.88 Å². The number of hydrogen-bond acceptors (Lipinski definition) is 5. The zero-order chi connectivity index (χ0) is 14.8. The molecule has 0 saturated carbocycles. The summed E-state index contributed by atoms with van der Waals surface area (Å²) in [6.07, 6.45) is 0. The van der Waals surface area contributed by atoms with Crippen LogP contribution in [-0.2, 0) is 6.54 Å². The summed E-state index contributed by atoms with van der Waals surface area (Å²) in [4.78, 5) is 7.84. The second-order valence-electron chi connectivity index (χ2n) is 4.81. The van der Waals surface area contributed by atoms with Crippen LogP contribution in [0.5, 0.6) is 5.75 Å². The first kappa shape index (κ1) is 14.4. The Bertz CT molecular complexity index is 657. The number of benzene rings is 1. The van der Waals surface area contributed by atoms with Crippen LogP contribution in [0.25, 0.3) is 0 Å². The van der Waals surface area contributed by atoms with Gasteiger partial charge in [0.05, 0.1) is 26.2 Å². The smallest absolute Gasteiger partial charge is 0.192 e. The summed E-state index contributed by atoms with van der Waals surface area (Å²) in [5, 5.41) is 2.08. The minimum atomic E-state index is 0.136. The summed E-state index contributed by atoms with van der Waals surface area (Å²) in [7, 11) is 1.68. The molecular weight excluding hydrogens is 350 g/mol. The lowest BCUT2D eigenvalue weighted by Gasteiger charge is -2.27. The molecule has 2 aromatic rings. The van der Waals surface area contributed by atoms with Crippen molar-refractivity contribution in [2.24, 2.45) is 10.7 Å². The number of hydrogen-bond donors (Lipinski definition) is 1. The monoisotopic (exact) mass is 365 g/mol. The van der Waals surface area contributed by atoms with Gasteiger partial charge in [0.1, 0.15) is 5.75 Å². The molecule has 21 heavy (non-hydrogen) atoms. The van der Waals surface area contributed by atoms with Gasteiger partial charge in [-0.05, 0) is 35.2 Å². The zero-order valence-corrected chi connectivity index (χ0v) is 14.0. The molecule has 1 aromatic carbocycles. The lowest BCUT2D eigenvalue weighted by molar-refractivity contribution is 0.340. The third kappa shape index (κ3) is 2.91. The molecule has 3 rings (SSSR count). The van der Waals surface area contributed by atoms with E-state index in [4.69, 9.17) is 10.5 Å². The van der Waals surface area contributed by atoms with E-state index in [9.17, 15) is 0 Å². The molecular formula is C15H16BrN3OS. The SMILES string of the molecule is COc1ccc(Br)c(C2CN=C(N)N2Cc2cccs2)c1. The normalized spacial score (nSPS) is 17.9. The summed E-state index contributed by atoms with van der Waals surface area (Å²) < 4.78 is 6.38. The van der Waals surface area contributed by atoms with Crippen LogP contribution in [0.1, 0.15) is 16.5 Å². The maximum absolute atomic E-state index is 6.08. The lowest BCUT2D eigenvalue weighted by atomic mass is 10.1. The summed E-state index contributed by atoms with van der Waals surface area (Å²) in [5.74, 6) is 1.44. The molecule has 6 heteroatoms. The van der Waals surface area contributed by atoms with E-state index in [2.05, 4.69) is 43.3 Å². The Kier molecular flexibility index (Phi) is 4.17. The quantitative estimate of drug-likeness (QED) is 0.903. The van der Waals surface area contributed by atoms with Crippen LogP contribution in [0.3, 0.4) is 0 Å². The van der Waals surface area contributed by atoms with Crippen molar-refractivity contribution in [3.63, 3.8) is 0 Å². The summed E-state index contributed by atoms with van der Waals surface area (Å²) in [6.45, 7) is 1.45. The molecule has 0 aliphatic carbocycles. The molecule has 4 nitrogen and oxygen atoms in total. The largest absolute Gasteiger partial charge is 0.497 e. The third-order valence-electron chi connectivity index (χ3n) is 3.57. The summed E-state index contributed by atoms with van der Waals surface area (Å²) in [5.41, 5.74) is 7.23. The van der Waals surface area contributed by atoms with Crippen LogP contribution in [0.15, 0.2) is 45.2 Å². The Morgan fingerprint density at radius 2 is 2.33 bits per heavy atom. The molecule has 0 amide bonds. The number of aliphatic imine (C=N–C) groups is 1. The Hall–Kier alpha value is -1.53. The van der Waals surface area contributed by atoms with Crippen molar-refractivity contribution in [2.75, 3.05) is 13.7 Å². The molecule has 1 unspecified atom stereocenters. The Morgan fingerprint density at radius 1 is 1.48 bits per heavy atom. The molecule has 0 bridgehead atoms. The highest BCUT2D eigenvalue weighted by molar-refractivity contribution is 9.10. The minimum absolute atomic E-state index is 0.136. The molecule has 0 fully saturated rings. The van der Waals surface area contributed by atoms with Crippen molar-refractivity contribution in [3.8, 4) is 5.75 Å². The first-order valence-corrected chi connectivity index (χ1v) is 8.28. The summed E-state index contributed by atoms with van der Waals surface area (Å²) in [6, 6.07) is 10.3. The Balaban J connectivity index is 1.90. The minimum Gasteiger partial charge on any atom is -0.497 e. The van der Waals surface area contributed by atoms with Crippen LogP contribution < -0.4 is 10.5 Å². The van der Waals surface area contributed by atoms with Gasteiger partial charge in [0, 0.05) is 9.35 Å². The first-order chi connectivity index (χ1) is 10.2.